The molecule has 0 amide bonds. The standard InChI is InChI=1S/C41H29N3/c1-3-13-29(14-4-1)30-15-11-17-32(25-30)38-27-33(28-39(43-38)37-21-9-10-24-42-37)31-16-12-18-34(26-31)44-40-22-6-2-5-19-35(40)36-20-7-8-23-41(36)44/h1-18,20-28H,19H2. The highest BCUT2D eigenvalue weighted by Gasteiger charge is 2.17. The van der Waals surface area contributed by atoms with Crippen LogP contribution in [0.15, 0.2) is 158 Å². The van der Waals surface area contributed by atoms with Crippen LogP contribution in [0, 0.1) is 0 Å². The molecule has 0 saturated heterocycles. The van der Waals surface area contributed by atoms with Crippen molar-refractivity contribution >= 4 is 17.0 Å². The molecule has 3 aromatic heterocycles. The second-order valence-electron chi connectivity index (χ2n) is 11.0. The summed E-state index contributed by atoms with van der Waals surface area (Å²) in [6.07, 6.45) is 11.5. The van der Waals surface area contributed by atoms with Gasteiger partial charge in [-0.2, -0.15) is 0 Å². The zero-order valence-electron chi connectivity index (χ0n) is 24.1. The molecule has 0 radical (unpaired) electrons. The van der Waals surface area contributed by atoms with Crippen molar-refractivity contribution in [2.24, 2.45) is 0 Å². The second-order valence-corrected chi connectivity index (χ2v) is 11.0. The molecule has 3 heterocycles. The minimum Gasteiger partial charge on any atom is -0.310 e. The van der Waals surface area contributed by atoms with Crippen LogP contribution in [0.1, 0.15) is 11.3 Å². The molecule has 0 aliphatic heterocycles. The van der Waals surface area contributed by atoms with E-state index in [2.05, 4.69) is 143 Å². The largest absolute Gasteiger partial charge is 0.310 e. The van der Waals surface area contributed by atoms with E-state index in [9.17, 15) is 0 Å². The average molecular weight is 564 g/mol. The lowest BCUT2D eigenvalue weighted by atomic mass is 9.98. The van der Waals surface area contributed by atoms with Gasteiger partial charge in [-0.25, -0.2) is 4.98 Å². The minimum absolute atomic E-state index is 0.850. The second kappa shape index (κ2) is 11.1. The lowest BCUT2D eigenvalue weighted by Crippen LogP contribution is -1.98. The first-order chi connectivity index (χ1) is 21.8. The third kappa shape index (κ3) is 4.75. The van der Waals surface area contributed by atoms with Crippen molar-refractivity contribution in [3.63, 3.8) is 0 Å². The van der Waals surface area contributed by atoms with E-state index in [1.807, 2.05) is 30.5 Å². The smallest absolute Gasteiger partial charge is 0.0899 e. The molecule has 0 spiro atoms. The Hall–Kier alpha value is -5.80. The Balaban J connectivity index is 1.29. The van der Waals surface area contributed by atoms with Gasteiger partial charge in [0.25, 0.3) is 0 Å². The molecular weight excluding hydrogens is 534 g/mol. The van der Waals surface area contributed by atoms with E-state index < -0.39 is 0 Å². The summed E-state index contributed by atoms with van der Waals surface area (Å²) < 4.78 is 2.39. The summed E-state index contributed by atoms with van der Waals surface area (Å²) in [4.78, 5) is 9.78. The van der Waals surface area contributed by atoms with Gasteiger partial charge in [-0.05, 0) is 88.8 Å². The lowest BCUT2D eigenvalue weighted by Gasteiger charge is -2.14. The summed E-state index contributed by atoms with van der Waals surface area (Å²) in [6.45, 7) is 0. The fourth-order valence-electron chi connectivity index (χ4n) is 6.21. The van der Waals surface area contributed by atoms with E-state index in [1.165, 1.54) is 33.3 Å². The van der Waals surface area contributed by atoms with Crippen molar-refractivity contribution in [1.29, 1.82) is 0 Å². The summed E-state index contributed by atoms with van der Waals surface area (Å²) in [7, 11) is 0. The Labute approximate surface area is 257 Å². The Morgan fingerprint density at radius 3 is 2.16 bits per heavy atom. The zero-order chi connectivity index (χ0) is 29.3. The number of aromatic nitrogens is 3. The number of benzene rings is 4. The number of allylic oxidation sites excluding steroid dienone is 3. The van der Waals surface area contributed by atoms with Crippen molar-refractivity contribution in [3.05, 3.63) is 169 Å². The predicted octanol–water partition coefficient (Wildman–Crippen LogP) is 10.2. The predicted molar refractivity (Wildman–Crippen MR) is 182 cm³/mol. The summed E-state index contributed by atoms with van der Waals surface area (Å²) in [5, 5.41) is 1.30. The van der Waals surface area contributed by atoms with Crippen LogP contribution in [0.5, 0.6) is 0 Å². The van der Waals surface area contributed by atoms with Crippen LogP contribution in [0.25, 0.3) is 67.6 Å². The number of nitrogens with zero attached hydrogens (tertiary/aromatic N) is 3. The molecule has 208 valence electrons. The Bertz CT molecular complexity index is 2190. The van der Waals surface area contributed by atoms with Crippen LogP contribution in [-0.4, -0.2) is 14.5 Å². The van der Waals surface area contributed by atoms with Crippen molar-refractivity contribution in [1.82, 2.24) is 14.5 Å². The molecule has 1 aliphatic carbocycles. The van der Waals surface area contributed by atoms with E-state index in [0.29, 0.717) is 0 Å². The van der Waals surface area contributed by atoms with E-state index in [4.69, 9.17) is 4.98 Å². The quantitative estimate of drug-likeness (QED) is 0.209. The highest BCUT2D eigenvalue weighted by Crippen LogP contribution is 2.35. The number of para-hydroxylation sites is 1. The molecule has 7 aromatic rings. The molecule has 4 aromatic carbocycles. The fourth-order valence-corrected chi connectivity index (χ4v) is 6.21. The Morgan fingerprint density at radius 1 is 0.523 bits per heavy atom. The monoisotopic (exact) mass is 563 g/mol. The summed E-state index contributed by atoms with van der Waals surface area (Å²) in [5.74, 6) is 0. The molecule has 0 unspecified atom stereocenters. The van der Waals surface area contributed by atoms with Gasteiger partial charge in [0.2, 0.25) is 0 Å². The minimum atomic E-state index is 0.850. The van der Waals surface area contributed by atoms with Crippen LogP contribution >= 0.6 is 0 Å². The molecular formula is C41H29N3. The fraction of sp³-hybridized carbons (Fsp3) is 0.0244. The number of fused-ring (bicyclic) bond motifs is 3. The lowest BCUT2D eigenvalue weighted by molar-refractivity contribution is 1.09. The van der Waals surface area contributed by atoms with E-state index in [-0.39, 0.29) is 0 Å². The van der Waals surface area contributed by atoms with Crippen LogP contribution in [0.2, 0.25) is 0 Å². The van der Waals surface area contributed by atoms with Gasteiger partial charge in [0.15, 0.2) is 0 Å². The Morgan fingerprint density at radius 2 is 1.27 bits per heavy atom. The average Bonchev–Trinajstić information content (AvgIpc) is 3.22. The van der Waals surface area contributed by atoms with Gasteiger partial charge in [-0.15, -0.1) is 0 Å². The third-order valence-electron chi connectivity index (χ3n) is 8.30. The van der Waals surface area contributed by atoms with E-state index in [0.717, 1.165) is 45.9 Å². The van der Waals surface area contributed by atoms with Gasteiger partial charge in [-0.3, -0.25) is 4.98 Å². The first kappa shape index (κ1) is 25.9. The van der Waals surface area contributed by atoms with Gasteiger partial charge < -0.3 is 4.57 Å². The van der Waals surface area contributed by atoms with Crippen molar-refractivity contribution < 1.29 is 0 Å². The Kier molecular flexibility index (Phi) is 6.54. The maximum atomic E-state index is 5.13. The van der Waals surface area contributed by atoms with Crippen molar-refractivity contribution in [2.45, 2.75) is 6.42 Å². The number of pyridine rings is 2. The molecule has 0 N–H and O–H groups in total. The number of hydrogen-bond acceptors (Lipinski definition) is 2. The van der Waals surface area contributed by atoms with Gasteiger partial charge in [0, 0.05) is 22.8 Å². The maximum absolute atomic E-state index is 5.13. The molecule has 44 heavy (non-hydrogen) atoms. The van der Waals surface area contributed by atoms with Crippen LogP contribution in [-0.2, 0) is 6.42 Å². The van der Waals surface area contributed by atoms with Crippen molar-refractivity contribution in [2.75, 3.05) is 0 Å². The van der Waals surface area contributed by atoms with Crippen LogP contribution < -0.4 is 0 Å². The van der Waals surface area contributed by atoms with E-state index in [1.54, 1.807) is 0 Å². The van der Waals surface area contributed by atoms with Gasteiger partial charge in [-0.1, -0.05) is 103 Å². The third-order valence-corrected chi connectivity index (χ3v) is 8.30. The van der Waals surface area contributed by atoms with Gasteiger partial charge >= 0.3 is 0 Å². The molecule has 8 rings (SSSR count). The number of hydrogen-bond donors (Lipinski definition) is 0. The number of rotatable bonds is 5. The summed E-state index contributed by atoms with van der Waals surface area (Å²) in [5.41, 5.74) is 13.2. The molecule has 1 aliphatic rings. The molecule has 0 atom stereocenters. The molecule has 0 bridgehead atoms. The molecule has 3 heteroatoms. The van der Waals surface area contributed by atoms with Gasteiger partial charge in [0.05, 0.1) is 28.3 Å². The first-order valence-electron chi connectivity index (χ1n) is 15.0. The molecule has 3 nitrogen and oxygen atoms in total. The highest BCUT2D eigenvalue weighted by molar-refractivity contribution is 5.91. The van der Waals surface area contributed by atoms with E-state index >= 15 is 0 Å². The maximum Gasteiger partial charge on any atom is 0.0899 e. The van der Waals surface area contributed by atoms with Gasteiger partial charge in [0.1, 0.15) is 0 Å². The molecule has 0 fully saturated rings. The SMILES string of the molecule is C1=CCc2c(n(-c3cccc(-c4cc(-c5cccc(-c6ccccc6)c5)nc(-c5ccccn5)c4)c3)c3ccccc23)C=C1. The summed E-state index contributed by atoms with van der Waals surface area (Å²) in [6, 6.07) is 47.0. The topological polar surface area (TPSA) is 30.7 Å². The first-order valence-corrected chi connectivity index (χ1v) is 15.0. The molecule has 0 saturated carbocycles. The van der Waals surface area contributed by atoms with Crippen LogP contribution in [0.3, 0.4) is 0 Å². The zero-order valence-corrected chi connectivity index (χ0v) is 24.1. The summed E-state index contributed by atoms with van der Waals surface area (Å²) >= 11 is 0. The normalized spacial score (nSPS) is 12.3. The van der Waals surface area contributed by atoms with Crippen LogP contribution in [0.4, 0.5) is 0 Å². The highest BCUT2D eigenvalue weighted by atomic mass is 15.0. The van der Waals surface area contributed by atoms with Crippen molar-refractivity contribution in [3.8, 4) is 50.6 Å².